The molecule has 1 spiro atoms. The van der Waals surface area contributed by atoms with Crippen LogP contribution < -0.4 is 0 Å². The Hall–Kier alpha value is -3.32. The number of aromatic nitrogens is 2. The quantitative estimate of drug-likeness (QED) is 0.456. The molecule has 136 valence electrons. The van der Waals surface area contributed by atoms with Crippen molar-refractivity contribution in [3.63, 3.8) is 0 Å². The van der Waals surface area contributed by atoms with E-state index in [9.17, 15) is 0 Å². The van der Waals surface area contributed by atoms with Crippen LogP contribution in [-0.4, -0.2) is 15.9 Å². The first kappa shape index (κ1) is 16.8. The number of hydrogen-bond donors (Lipinski definition) is 0. The molecule has 2 aromatic carbocycles. The molecule has 1 heterocycles. The monoisotopic (exact) mass is 364 g/mol. The highest BCUT2D eigenvalue weighted by Gasteiger charge is 2.45. The van der Waals surface area contributed by atoms with Gasteiger partial charge in [-0.05, 0) is 67.0 Å². The second-order valence-corrected chi connectivity index (χ2v) is 7.76. The molecule has 0 fully saturated rings. The van der Waals surface area contributed by atoms with Crippen molar-refractivity contribution >= 4 is 5.71 Å². The van der Waals surface area contributed by atoms with E-state index in [0.29, 0.717) is 0 Å². The van der Waals surface area contributed by atoms with Gasteiger partial charge >= 0.3 is 0 Å². The van der Waals surface area contributed by atoms with E-state index in [4.69, 9.17) is 6.57 Å². The molecule has 4 nitrogen and oxygen atoms in total. The summed E-state index contributed by atoms with van der Waals surface area (Å²) < 4.78 is 0. The maximum Gasteiger partial charge on any atom is 0.137 e. The molecular weight excluding hydrogens is 344 g/mol. The Morgan fingerprint density at radius 2 is 1.71 bits per heavy atom. The van der Waals surface area contributed by atoms with E-state index < -0.39 is 0 Å². The van der Waals surface area contributed by atoms with E-state index in [-0.39, 0.29) is 5.41 Å². The fourth-order valence-corrected chi connectivity index (χ4v) is 4.84. The lowest BCUT2D eigenvalue weighted by Gasteiger charge is -2.26. The molecule has 0 saturated heterocycles. The smallest absolute Gasteiger partial charge is 0.137 e. The van der Waals surface area contributed by atoms with Crippen molar-refractivity contribution < 1.29 is 0 Å². The van der Waals surface area contributed by atoms with Crippen LogP contribution in [0.15, 0.2) is 65.9 Å². The Bertz CT molecular complexity index is 1080. The van der Waals surface area contributed by atoms with E-state index in [1.54, 1.807) is 6.20 Å². The molecule has 3 aromatic rings. The van der Waals surface area contributed by atoms with Gasteiger partial charge in [-0.1, -0.05) is 36.4 Å². The van der Waals surface area contributed by atoms with Gasteiger partial charge in [0, 0.05) is 22.7 Å². The lowest BCUT2D eigenvalue weighted by Crippen LogP contribution is -2.29. The molecular formula is C24H20N4. The van der Waals surface area contributed by atoms with Crippen LogP contribution in [0.4, 0.5) is 0 Å². The predicted molar refractivity (Wildman–Crippen MR) is 110 cm³/mol. The number of rotatable bonds is 1. The van der Waals surface area contributed by atoms with Gasteiger partial charge in [-0.2, -0.15) is 16.8 Å². The largest absolute Gasteiger partial charge is 0.181 e. The lowest BCUT2D eigenvalue weighted by atomic mass is 9.76. The van der Waals surface area contributed by atoms with Gasteiger partial charge in [-0.3, -0.25) is 0 Å². The summed E-state index contributed by atoms with van der Waals surface area (Å²) >= 11 is 0. The molecule has 0 amide bonds. The minimum atomic E-state index is -0.0487. The first-order valence-corrected chi connectivity index (χ1v) is 9.72. The summed E-state index contributed by atoms with van der Waals surface area (Å²) in [4.78, 5) is 3.46. The van der Waals surface area contributed by atoms with Crippen molar-refractivity contribution in [1.29, 1.82) is 0 Å². The summed E-state index contributed by atoms with van der Waals surface area (Å²) in [6.07, 6.45) is 6.80. The van der Waals surface area contributed by atoms with Crippen molar-refractivity contribution in [1.82, 2.24) is 10.2 Å². The van der Waals surface area contributed by atoms with Gasteiger partial charge in [0.05, 0.1) is 10.8 Å². The standard InChI is InChI=1S/C24H20N4/c1-25-28-23-21-15-19(22-7-4-14-26-27-22)8-9-20(21)16-24(23)12-10-17-5-2-3-6-18(17)11-13-24/h2-9,14-15H,10-13,16H2/b28-23+. The van der Waals surface area contributed by atoms with Crippen LogP contribution >= 0.6 is 0 Å². The van der Waals surface area contributed by atoms with E-state index in [1.165, 1.54) is 16.7 Å². The van der Waals surface area contributed by atoms with Crippen LogP contribution in [0.5, 0.6) is 0 Å². The summed E-state index contributed by atoms with van der Waals surface area (Å²) in [5, 5.41) is 12.6. The van der Waals surface area contributed by atoms with Crippen molar-refractivity contribution in [3.05, 3.63) is 94.6 Å². The third-order valence-electron chi connectivity index (χ3n) is 6.28. The summed E-state index contributed by atoms with van der Waals surface area (Å²) in [7, 11) is 0. The van der Waals surface area contributed by atoms with Gasteiger partial charge < -0.3 is 0 Å². The average molecular weight is 364 g/mol. The molecule has 0 N–H and O–H groups in total. The third kappa shape index (κ3) is 2.71. The van der Waals surface area contributed by atoms with Crippen molar-refractivity contribution in [2.75, 3.05) is 0 Å². The molecule has 5 rings (SSSR count). The molecule has 0 aliphatic heterocycles. The molecule has 2 aliphatic rings. The molecule has 0 atom stereocenters. The topological polar surface area (TPSA) is 42.5 Å². The van der Waals surface area contributed by atoms with Crippen molar-refractivity contribution in [2.24, 2.45) is 10.5 Å². The zero-order chi connectivity index (χ0) is 19.0. The highest BCUT2D eigenvalue weighted by molar-refractivity contribution is 6.09. The van der Waals surface area contributed by atoms with Crippen LogP contribution in [0, 0.1) is 12.0 Å². The Balaban J connectivity index is 1.56. The number of benzene rings is 2. The number of aryl methyl sites for hydroxylation is 2. The first-order chi connectivity index (χ1) is 13.8. The maximum atomic E-state index is 7.43. The summed E-state index contributed by atoms with van der Waals surface area (Å²) in [6.45, 7) is 7.43. The fraction of sp³-hybridized carbons (Fsp3) is 0.250. The molecule has 1 aromatic heterocycles. The predicted octanol–water partition coefficient (Wildman–Crippen LogP) is 4.89. The summed E-state index contributed by atoms with van der Waals surface area (Å²) in [6, 6.07) is 19.1. The molecule has 28 heavy (non-hydrogen) atoms. The Kier molecular flexibility index (Phi) is 4.02. The molecule has 4 heteroatoms. The molecule has 0 radical (unpaired) electrons. The van der Waals surface area contributed by atoms with E-state index in [2.05, 4.69) is 62.7 Å². The van der Waals surface area contributed by atoms with Crippen molar-refractivity contribution in [3.8, 4) is 11.3 Å². The molecule has 0 bridgehead atoms. The highest BCUT2D eigenvalue weighted by atomic mass is 15.2. The van der Waals surface area contributed by atoms with Crippen molar-refractivity contribution in [2.45, 2.75) is 32.1 Å². The van der Waals surface area contributed by atoms with E-state index in [0.717, 1.165) is 54.6 Å². The second-order valence-electron chi connectivity index (χ2n) is 7.76. The lowest BCUT2D eigenvalue weighted by molar-refractivity contribution is 0.375. The van der Waals surface area contributed by atoms with E-state index >= 15 is 0 Å². The first-order valence-electron chi connectivity index (χ1n) is 9.72. The Morgan fingerprint density at radius 3 is 2.39 bits per heavy atom. The molecule has 2 aliphatic carbocycles. The zero-order valence-electron chi connectivity index (χ0n) is 15.6. The Labute approximate surface area is 164 Å². The number of fused-ring (bicyclic) bond motifs is 2. The number of hydrogen-bond acceptors (Lipinski definition) is 3. The van der Waals surface area contributed by atoms with Gasteiger partial charge in [0.15, 0.2) is 0 Å². The zero-order valence-corrected chi connectivity index (χ0v) is 15.6. The summed E-state index contributed by atoms with van der Waals surface area (Å²) in [5.41, 5.74) is 8.09. The minimum absolute atomic E-state index is 0.0487. The fourth-order valence-electron chi connectivity index (χ4n) is 4.84. The second kappa shape index (κ2) is 6.69. The third-order valence-corrected chi connectivity index (χ3v) is 6.28. The minimum Gasteiger partial charge on any atom is -0.181 e. The van der Waals surface area contributed by atoms with Gasteiger partial charge in [-0.15, -0.1) is 4.95 Å². The van der Waals surface area contributed by atoms with Gasteiger partial charge in [-0.25, -0.2) is 0 Å². The van der Waals surface area contributed by atoms with E-state index in [1.807, 2.05) is 12.1 Å². The highest BCUT2D eigenvalue weighted by Crippen LogP contribution is 2.47. The van der Waals surface area contributed by atoms with Crippen LogP contribution in [0.25, 0.3) is 16.2 Å². The SMILES string of the molecule is [C-]#[N+]/N=C1\c2cc(-c3cccnn3)ccc2CC12CCc1ccccc1CC2. The van der Waals surface area contributed by atoms with Crippen LogP contribution in [0.1, 0.15) is 35.1 Å². The molecule has 0 saturated carbocycles. The van der Waals surface area contributed by atoms with Crippen LogP contribution in [0.2, 0.25) is 0 Å². The average Bonchev–Trinajstić information content (AvgIpc) is 2.92. The normalized spacial score (nSPS) is 18.3. The maximum absolute atomic E-state index is 7.43. The van der Waals surface area contributed by atoms with Crippen LogP contribution in [-0.2, 0) is 19.3 Å². The molecule has 0 unspecified atom stereocenters. The van der Waals surface area contributed by atoms with Gasteiger partial charge in [0.1, 0.15) is 5.71 Å². The Morgan fingerprint density at radius 1 is 0.929 bits per heavy atom. The van der Waals surface area contributed by atoms with Crippen LogP contribution in [0.3, 0.4) is 0 Å². The number of nitrogens with zero attached hydrogens (tertiary/aromatic N) is 4. The van der Waals surface area contributed by atoms with Gasteiger partial charge in [0.2, 0.25) is 0 Å². The summed E-state index contributed by atoms with van der Waals surface area (Å²) in [5.74, 6) is 0. The van der Waals surface area contributed by atoms with Gasteiger partial charge in [0.25, 0.3) is 0 Å².